The van der Waals surface area contributed by atoms with Crippen molar-refractivity contribution in [3.8, 4) is 0 Å². The third kappa shape index (κ3) is 5.77. The van der Waals surface area contributed by atoms with Crippen LogP contribution in [0.3, 0.4) is 0 Å². The van der Waals surface area contributed by atoms with Gasteiger partial charge in [0, 0.05) is 50.7 Å². The number of hydrogen-bond donors (Lipinski definition) is 0. The lowest BCUT2D eigenvalue weighted by Crippen LogP contribution is -3.00. The van der Waals surface area contributed by atoms with Gasteiger partial charge in [-0.1, -0.05) is 40.4 Å². The zero-order chi connectivity index (χ0) is 22.5. The molecule has 0 amide bonds. The van der Waals surface area contributed by atoms with Crippen LogP contribution < -0.4 is 26.9 Å². The fourth-order valence-electron chi connectivity index (χ4n) is 3.56. The topological polar surface area (TPSA) is 40.0 Å². The molecule has 1 heterocycles. The maximum Gasteiger partial charge on any atom is 0.307 e. The Morgan fingerprint density at radius 1 is 0.875 bits per heavy atom. The minimum absolute atomic E-state index is 0. The quantitative estimate of drug-likeness (QED) is 0.394. The number of nitrogens with zero attached hydrogens (tertiary/aromatic N) is 6. The molecule has 3 aromatic rings. The average molecular weight is 453 g/mol. The van der Waals surface area contributed by atoms with Gasteiger partial charge in [-0.25, -0.2) is 0 Å². The number of hydrogen-bond acceptors (Lipinski definition) is 4. The Balaban J connectivity index is 0.00000363. The predicted molar refractivity (Wildman–Crippen MR) is 131 cm³/mol. The number of benzene rings is 2. The van der Waals surface area contributed by atoms with E-state index in [4.69, 9.17) is 10.2 Å². The van der Waals surface area contributed by atoms with E-state index < -0.39 is 0 Å². The summed E-state index contributed by atoms with van der Waals surface area (Å²) in [4.78, 5) is 4.21. The molecule has 0 spiro atoms. The molecule has 0 radical (unpaired) electrons. The highest BCUT2D eigenvalue weighted by Gasteiger charge is 2.15. The highest BCUT2D eigenvalue weighted by atomic mass is 35.5. The largest absolute Gasteiger partial charge is 1.00 e. The summed E-state index contributed by atoms with van der Waals surface area (Å²) in [5.74, 6) is 1.01. The van der Waals surface area contributed by atoms with Gasteiger partial charge in [0.05, 0.1) is 18.9 Å². The molecule has 170 valence electrons. The van der Waals surface area contributed by atoms with Crippen LogP contribution in [-0.4, -0.2) is 45.3 Å². The molecule has 1 aromatic heterocycles. The van der Waals surface area contributed by atoms with Crippen LogP contribution in [0.5, 0.6) is 0 Å². The van der Waals surface area contributed by atoms with Crippen molar-refractivity contribution in [2.24, 2.45) is 10.2 Å². The van der Waals surface area contributed by atoms with Gasteiger partial charge in [-0.05, 0) is 38.1 Å². The van der Waals surface area contributed by atoms with Gasteiger partial charge in [0.2, 0.25) is 0 Å². The van der Waals surface area contributed by atoms with Crippen LogP contribution in [0, 0.1) is 13.8 Å². The lowest BCUT2D eigenvalue weighted by atomic mass is 10.1. The molecule has 0 aliphatic rings. The Labute approximate surface area is 197 Å². The van der Waals surface area contributed by atoms with E-state index in [1.165, 1.54) is 11.1 Å². The fraction of sp³-hybridized carbons (Fsp3) is 0.320. The van der Waals surface area contributed by atoms with E-state index in [-0.39, 0.29) is 12.4 Å². The van der Waals surface area contributed by atoms with Crippen molar-refractivity contribution in [3.05, 3.63) is 76.9 Å². The van der Waals surface area contributed by atoms with E-state index in [0.29, 0.717) is 0 Å². The van der Waals surface area contributed by atoms with Gasteiger partial charge < -0.3 is 22.2 Å². The van der Waals surface area contributed by atoms with Crippen LogP contribution in [0.25, 0.3) is 0 Å². The second kappa shape index (κ2) is 11.0. The van der Waals surface area contributed by atoms with Crippen LogP contribution in [0.1, 0.15) is 35.0 Å². The van der Waals surface area contributed by atoms with E-state index in [1.54, 1.807) is 0 Å². The molecule has 0 saturated carbocycles. The molecule has 6 nitrogen and oxygen atoms in total. The van der Waals surface area contributed by atoms with Gasteiger partial charge in [0.1, 0.15) is 0 Å². The Hall–Kier alpha value is -3.12. The number of aromatic nitrogens is 2. The first kappa shape index (κ1) is 25.1. The number of halogens is 1. The van der Waals surface area contributed by atoms with E-state index in [1.807, 2.05) is 62.4 Å². The molecule has 3 rings (SSSR count). The van der Waals surface area contributed by atoms with E-state index >= 15 is 0 Å². The molecule has 0 aliphatic heterocycles. The van der Waals surface area contributed by atoms with Crippen molar-refractivity contribution >= 4 is 23.8 Å². The summed E-state index contributed by atoms with van der Waals surface area (Å²) in [6.07, 6.45) is 8.53. The first-order chi connectivity index (χ1) is 14.8. The summed E-state index contributed by atoms with van der Waals surface area (Å²) in [6, 6.07) is 12.8. The minimum Gasteiger partial charge on any atom is -1.00 e. The Morgan fingerprint density at radius 2 is 1.41 bits per heavy atom. The number of imidazole rings is 1. The summed E-state index contributed by atoms with van der Waals surface area (Å²) in [7, 11) is 8.19. The Kier molecular flexibility index (Phi) is 8.61. The molecule has 0 unspecified atom stereocenters. The van der Waals surface area contributed by atoms with Gasteiger partial charge in [0.15, 0.2) is 12.4 Å². The second-order valence-corrected chi connectivity index (χ2v) is 8.16. The summed E-state index contributed by atoms with van der Waals surface area (Å²) >= 11 is 0. The molecule has 2 aromatic carbocycles. The number of rotatable bonds is 7. The van der Waals surface area contributed by atoms with Gasteiger partial charge in [0.25, 0.3) is 0 Å². The second-order valence-electron chi connectivity index (χ2n) is 8.16. The molecule has 0 saturated heterocycles. The van der Waals surface area contributed by atoms with Gasteiger partial charge in [-0.15, -0.1) is 9.35 Å². The molecule has 0 atom stereocenters. The molecule has 32 heavy (non-hydrogen) atoms. The monoisotopic (exact) mass is 452 g/mol. The van der Waals surface area contributed by atoms with Gasteiger partial charge >= 0.3 is 5.82 Å². The normalized spacial score (nSPS) is 11.2. The first-order valence-corrected chi connectivity index (χ1v) is 10.6. The molecule has 7 heteroatoms. The lowest BCUT2D eigenvalue weighted by Gasteiger charge is -2.15. The van der Waals surface area contributed by atoms with Gasteiger partial charge in [-0.3, -0.25) is 0 Å². The predicted octanol–water partition coefficient (Wildman–Crippen LogP) is 0.855. The molecule has 0 bridgehead atoms. The lowest BCUT2D eigenvalue weighted by molar-refractivity contribution is -0.685. The highest BCUT2D eigenvalue weighted by molar-refractivity contribution is 5.88. The van der Waals surface area contributed by atoms with Crippen molar-refractivity contribution in [2.45, 2.75) is 27.2 Å². The van der Waals surface area contributed by atoms with E-state index in [2.05, 4.69) is 67.0 Å². The Morgan fingerprint density at radius 3 is 1.91 bits per heavy atom. The standard InChI is InChI=1S/C25H33N6.ClH/c1-8-25-30(26-17-21-15-19(2)9-11-23(21)28(4)5)13-14-31(25)27-18-22-16-20(3)10-12-24(22)29(6)7;/h9-18H,8H2,1-7H3;1H/q+1;/p-1. The third-order valence-electron chi connectivity index (χ3n) is 5.17. The number of aryl methyl sites for hydroxylation is 2. The maximum atomic E-state index is 4.73. The van der Waals surface area contributed by atoms with Crippen LogP contribution in [0.4, 0.5) is 11.4 Å². The summed E-state index contributed by atoms with van der Waals surface area (Å²) in [5, 5.41) is 9.46. The minimum atomic E-state index is 0. The molecule has 0 aliphatic carbocycles. The van der Waals surface area contributed by atoms with Gasteiger partial charge in [-0.2, -0.15) is 0 Å². The van der Waals surface area contributed by atoms with Crippen molar-refractivity contribution in [1.82, 2.24) is 4.68 Å². The summed E-state index contributed by atoms with van der Waals surface area (Å²) in [6.45, 7) is 6.31. The number of anilines is 2. The van der Waals surface area contributed by atoms with Crippen LogP contribution in [0.2, 0.25) is 0 Å². The Bertz CT molecular complexity index is 1030. The molecule has 0 fully saturated rings. The zero-order valence-corrected chi connectivity index (χ0v) is 20.8. The van der Waals surface area contributed by atoms with Crippen molar-refractivity contribution in [3.63, 3.8) is 0 Å². The van der Waals surface area contributed by atoms with Crippen LogP contribution >= 0.6 is 0 Å². The fourth-order valence-corrected chi connectivity index (χ4v) is 3.56. The smallest absolute Gasteiger partial charge is 0.307 e. The highest BCUT2D eigenvalue weighted by Crippen LogP contribution is 2.19. The average Bonchev–Trinajstić information content (AvgIpc) is 3.12. The third-order valence-corrected chi connectivity index (χ3v) is 5.17. The van der Waals surface area contributed by atoms with E-state index in [9.17, 15) is 0 Å². The van der Waals surface area contributed by atoms with Crippen molar-refractivity contribution in [1.29, 1.82) is 0 Å². The van der Waals surface area contributed by atoms with Crippen LogP contribution in [-0.2, 0) is 6.42 Å². The SMILES string of the molecule is CCc1n(N=Cc2cc(C)ccc2N(C)C)cc[n+]1N=Cc1cc(C)ccc1N(C)C.[Cl-]. The van der Waals surface area contributed by atoms with E-state index in [0.717, 1.165) is 34.7 Å². The summed E-state index contributed by atoms with van der Waals surface area (Å²) in [5.41, 5.74) is 6.88. The first-order valence-electron chi connectivity index (χ1n) is 10.6. The molecular formula is C25H33ClN6. The van der Waals surface area contributed by atoms with Crippen molar-refractivity contribution in [2.75, 3.05) is 38.0 Å². The van der Waals surface area contributed by atoms with Crippen LogP contribution in [0.15, 0.2) is 59.0 Å². The zero-order valence-electron chi connectivity index (χ0n) is 20.0. The molecular weight excluding hydrogens is 420 g/mol. The van der Waals surface area contributed by atoms with Crippen molar-refractivity contribution < 1.29 is 17.1 Å². The summed E-state index contributed by atoms with van der Waals surface area (Å²) < 4.78 is 3.78. The maximum absolute atomic E-state index is 4.73. The molecule has 0 N–H and O–H groups in total.